The van der Waals surface area contributed by atoms with E-state index in [1.165, 1.54) is 20.8 Å². The summed E-state index contributed by atoms with van der Waals surface area (Å²) < 4.78 is 52.1. The fourth-order valence-corrected chi connectivity index (χ4v) is 8.61. The van der Waals surface area contributed by atoms with Crippen molar-refractivity contribution in [3.05, 3.63) is 59.4 Å². The number of nitrogens with one attached hydrogen (secondary N) is 2. The molecule has 56 heavy (non-hydrogen) atoms. The lowest BCUT2D eigenvalue weighted by Gasteiger charge is -2.31. The number of nitrogens with two attached hydrogens (primary N) is 1. The minimum absolute atomic E-state index is 0.0125. The molecular weight excluding hydrogens is 752 g/mol. The number of fused-ring (bicyclic) bond motifs is 1. The SMILES string of the molecule is C=CC(=O)N(C/C=C1/CC[C@H](C(=O)NS(=O)(=O)C2CC2)C1)CCC[C@H](NC(=O)OC(C)(C)C)C(=O)N1CC(OC(=O)N2Cc3cccc(F)c3C2)CC1C(N)O. The number of amides is 5. The van der Waals surface area contributed by atoms with Crippen molar-refractivity contribution in [3.8, 4) is 0 Å². The third kappa shape index (κ3) is 11.1. The molecule has 1 aromatic carbocycles. The summed E-state index contributed by atoms with van der Waals surface area (Å²) in [5.74, 6) is -2.43. The van der Waals surface area contributed by atoms with Crippen molar-refractivity contribution in [1.29, 1.82) is 0 Å². The molecule has 0 spiro atoms. The van der Waals surface area contributed by atoms with Gasteiger partial charge in [0.1, 0.15) is 29.8 Å². The fourth-order valence-electron chi connectivity index (χ4n) is 7.24. The molecule has 0 bridgehead atoms. The molecule has 0 radical (unpaired) electrons. The van der Waals surface area contributed by atoms with E-state index in [9.17, 15) is 41.9 Å². The van der Waals surface area contributed by atoms with Crippen LogP contribution in [-0.2, 0) is 47.0 Å². The van der Waals surface area contributed by atoms with Gasteiger partial charge in [-0.05, 0) is 83.4 Å². The maximum Gasteiger partial charge on any atom is 0.410 e. The number of likely N-dealkylation sites (tertiary alicyclic amines) is 1. The molecule has 5 rings (SSSR count). The number of carbonyl (C=O) groups is 5. The predicted molar refractivity (Wildman–Crippen MR) is 201 cm³/mol. The maximum atomic E-state index is 14.3. The van der Waals surface area contributed by atoms with Crippen LogP contribution in [-0.4, -0.2) is 113 Å². The molecule has 3 unspecified atom stereocenters. The Balaban J connectivity index is 1.21. The van der Waals surface area contributed by atoms with Gasteiger partial charge in [0.05, 0.1) is 24.4 Å². The molecule has 3 fully saturated rings. The zero-order valence-corrected chi connectivity index (χ0v) is 32.9. The number of sulfonamides is 1. The third-order valence-electron chi connectivity index (χ3n) is 10.3. The Morgan fingerprint density at radius 2 is 1.89 bits per heavy atom. The number of benzene rings is 1. The molecule has 4 aliphatic rings. The largest absolute Gasteiger partial charge is 0.444 e. The van der Waals surface area contributed by atoms with E-state index in [-0.39, 0.29) is 57.9 Å². The van der Waals surface area contributed by atoms with Crippen LogP contribution < -0.4 is 15.8 Å². The molecule has 5 amide bonds. The Kier molecular flexibility index (Phi) is 13.5. The first-order chi connectivity index (χ1) is 26.3. The molecule has 5 atom stereocenters. The van der Waals surface area contributed by atoms with Gasteiger partial charge < -0.3 is 35.4 Å². The van der Waals surface area contributed by atoms with Crippen LogP contribution in [0, 0.1) is 11.7 Å². The van der Waals surface area contributed by atoms with Crippen LogP contribution in [0.2, 0.25) is 0 Å². The average molecular weight is 805 g/mol. The van der Waals surface area contributed by atoms with Crippen molar-refractivity contribution in [1.82, 2.24) is 24.7 Å². The van der Waals surface area contributed by atoms with Gasteiger partial charge in [0.2, 0.25) is 27.7 Å². The maximum absolute atomic E-state index is 14.3. The van der Waals surface area contributed by atoms with E-state index < -0.39 is 81.0 Å². The molecule has 1 saturated heterocycles. The molecule has 2 aliphatic heterocycles. The van der Waals surface area contributed by atoms with E-state index in [1.807, 2.05) is 6.08 Å². The van der Waals surface area contributed by atoms with Crippen LogP contribution in [0.4, 0.5) is 14.0 Å². The lowest BCUT2D eigenvalue weighted by molar-refractivity contribution is -0.136. The molecule has 18 heteroatoms. The number of ether oxygens (including phenoxy) is 2. The number of hydrogen-bond donors (Lipinski definition) is 4. The Hall–Kier alpha value is -4.55. The third-order valence-corrected chi connectivity index (χ3v) is 12.2. The standard InChI is InChI=1S/C38H53FN6O10S/c1-5-32(46)43(17-15-23-11-12-24(18-23)34(48)42-56(52,53)27-13-14-27)16-7-10-30(41-36(50)55-38(2,3)4)35(49)45-21-26(19-31(45)33(40)47)54-37(51)44-20-25-8-6-9-29(39)28(25)22-44/h5-6,8-9,15,24,26-27,30-31,33,47H,1,7,10-14,16-22,40H2,2-4H3,(H,41,50)(H,42,48)/b23-15-/t24-,26?,30-,31?,33?/m0/s1. The molecule has 16 nitrogen and oxygen atoms in total. The van der Waals surface area contributed by atoms with Crippen LogP contribution >= 0.6 is 0 Å². The number of halogens is 1. The van der Waals surface area contributed by atoms with Crippen LogP contribution in [0.5, 0.6) is 0 Å². The van der Waals surface area contributed by atoms with Crippen molar-refractivity contribution in [3.63, 3.8) is 0 Å². The fraction of sp³-hybridized carbons (Fsp3) is 0.605. The van der Waals surface area contributed by atoms with Crippen molar-refractivity contribution < 1.29 is 51.4 Å². The van der Waals surface area contributed by atoms with E-state index in [0.717, 1.165) is 11.6 Å². The number of allylic oxidation sites excluding steroid dienone is 1. The summed E-state index contributed by atoms with van der Waals surface area (Å²) in [4.78, 5) is 69.8. The first kappa shape index (κ1) is 42.6. The van der Waals surface area contributed by atoms with E-state index >= 15 is 0 Å². The molecule has 308 valence electrons. The number of hydrogen-bond acceptors (Lipinski definition) is 11. The summed E-state index contributed by atoms with van der Waals surface area (Å²) in [6.45, 7) is 8.95. The van der Waals surface area contributed by atoms with Crippen LogP contribution in [0.15, 0.2) is 42.5 Å². The summed E-state index contributed by atoms with van der Waals surface area (Å²) in [6.07, 6.45) is 1.84. The highest BCUT2D eigenvalue weighted by atomic mass is 32.2. The smallest absolute Gasteiger partial charge is 0.410 e. The van der Waals surface area contributed by atoms with Crippen molar-refractivity contribution in [2.45, 2.75) is 120 Å². The van der Waals surface area contributed by atoms with E-state index in [4.69, 9.17) is 15.2 Å². The second-order valence-corrected chi connectivity index (χ2v) is 17.8. The minimum Gasteiger partial charge on any atom is -0.444 e. The number of alkyl carbamates (subject to hydrolysis) is 1. The zero-order chi connectivity index (χ0) is 40.9. The van der Waals surface area contributed by atoms with E-state index in [0.29, 0.717) is 43.2 Å². The quantitative estimate of drug-likeness (QED) is 0.122. The van der Waals surface area contributed by atoms with Gasteiger partial charge in [0.15, 0.2) is 0 Å². The lowest BCUT2D eigenvalue weighted by Crippen LogP contribution is -2.54. The molecule has 2 aliphatic carbocycles. The number of aliphatic hydroxyl groups is 1. The van der Waals surface area contributed by atoms with Crippen LogP contribution in [0.3, 0.4) is 0 Å². The molecule has 5 N–H and O–H groups in total. The van der Waals surface area contributed by atoms with Gasteiger partial charge >= 0.3 is 12.2 Å². The molecular formula is C38H53FN6O10S. The number of aliphatic hydroxyl groups excluding tert-OH is 1. The first-order valence-electron chi connectivity index (χ1n) is 18.9. The molecule has 1 aromatic rings. The van der Waals surface area contributed by atoms with Crippen molar-refractivity contribution in [2.75, 3.05) is 19.6 Å². The number of nitrogens with zero attached hydrogens (tertiary/aromatic N) is 3. The summed E-state index contributed by atoms with van der Waals surface area (Å²) >= 11 is 0. The van der Waals surface area contributed by atoms with Gasteiger partial charge in [-0.15, -0.1) is 0 Å². The Morgan fingerprint density at radius 3 is 2.54 bits per heavy atom. The van der Waals surface area contributed by atoms with Gasteiger partial charge in [-0.25, -0.2) is 22.4 Å². The summed E-state index contributed by atoms with van der Waals surface area (Å²) in [7, 11) is -3.65. The summed E-state index contributed by atoms with van der Waals surface area (Å²) in [5.41, 5.74) is 6.98. The first-order valence-corrected chi connectivity index (χ1v) is 20.5. The normalized spacial score (nSPS) is 22.6. The average Bonchev–Trinajstić information content (AvgIpc) is 3.51. The number of rotatable bonds is 14. The second-order valence-electron chi connectivity index (χ2n) is 15.9. The topological polar surface area (TPSA) is 218 Å². The van der Waals surface area contributed by atoms with Gasteiger partial charge in [0, 0.05) is 37.5 Å². The minimum atomic E-state index is -3.65. The molecule has 0 aromatic heterocycles. The zero-order valence-electron chi connectivity index (χ0n) is 32.1. The van der Waals surface area contributed by atoms with Gasteiger partial charge in [-0.2, -0.15) is 0 Å². The highest BCUT2D eigenvalue weighted by Crippen LogP contribution is 2.33. The molecule has 2 heterocycles. The highest BCUT2D eigenvalue weighted by molar-refractivity contribution is 7.90. The lowest BCUT2D eigenvalue weighted by atomic mass is 10.1. The Labute approximate surface area is 326 Å². The highest BCUT2D eigenvalue weighted by Gasteiger charge is 2.44. The number of carbonyl (C=O) groups excluding carboxylic acids is 5. The van der Waals surface area contributed by atoms with Crippen LogP contribution in [0.25, 0.3) is 0 Å². The van der Waals surface area contributed by atoms with Crippen molar-refractivity contribution >= 4 is 39.9 Å². The summed E-state index contributed by atoms with van der Waals surface area (Å²) in [6, 6.07) is 2.46. The Morgan fingerprint density at radius 1 is 1.16 bits per heavy atom. The predicted octanol–water partition coefficient (Wildman–Crippen LogP) is 2.55. The summed E-state index contributed by atoms with van der Waals surface area (Å²) in [5, 5.41) is 12.6. The second kappa shape index (κ2) is 17.7. The van der Waals surface area contributed by atoms with Crippen molar-refractivity contribution in [2.24, 2.45) is 11.7 Å². The van der Waals surface area contributed by atoms with Crippen LogP contribution in [0.1, 0.15) is 83.3 Å². The van der Waals surface area contributed by atoms with Gasteiger partial charge in [-0.1, -0.05) is 30.4 Å². The van der Waals surface area contributed by atoms with Gasteiger partial charge in [0.25, 0.3) is 0 Å². The molecule has 2 saturated carbocycles. The monoisotopic (exact) mass is 804 g/mol. The Bertz CT molecular complexity index is 1830. The van der Waals surface area contributed by atoms with Gasteiger partial charge in [-0.3, -0.25) is 24.0 Å². The van der Waals surface area contributed by atoms with E-state index in [1.54, 1.807) is 32.9 Å². The van der Waals surface area contributed by atoms with E-state index in [2.05, 4.69) is 16.6 Å².